The van der Waals surface area contributed by atoms with Crippen LogP contribution in [0.25, 0.3) is 11.5 Å². The van der Waals surface area contributed by atoms with E-state index in [2.05, 4.69) is 44.4 Å². The fraction of sp³-hybridized carbons (Fsp3) is 0.609. The molecule has 9 heteroatoms. The molecule has 1 aromatic heterocycles. The Kier molecular flexibility index (Phi) is 12.0. The third kappa shape index (κ3) is 8.00. The number of nitrogens with zero attached hydrogens (tertiary/aromatic N) is 4. The van der Waals surface area contributed by atoms with Crippen LogP contribution in [0.1, 0.15) is 44.0 Å². The fourth-order valence-corrected chi connectivity index (χ4v) is 3.71. The summed E-state index contributed by atoms with van der Waals surface area (Å²) in [6.07, 6.45) is 5.13. The largest absolute Gasteiger partial charge is 0.385 e. The number of hydrogen-bond acceptors (Lipinski definition) is 6. The first-order valence-electron chi connectivity index (χ1n) is 11.2. The molecule has 0 amide bonds. The lowest BCUT2D eigenvalue weighted by Crippen LogP contribution is -2.46. The van der Waals surface area contributed by atoms with Crippen LogP contribution < -0.4 is 5.32 Å². The number of hydrogen-bond donors (Lipinski definition) is 1. The van der Waals surface area contributed by atoms with Gasteiger partial charge in [0.05, 0.1) is 6.10 Å². The van der Waals surface area contributed by atoms with Crippen molar-refractivity contribution in [3.63, 3.8) is 0 Å². The van der Waals surface area contributed by atoms with Crippen LogP contribution in [0.15, 0.2) is 33.8 Å². The van der Waals surface area contributed by atoms with Crippen molar-refractivity contribution >= 4 is 29.9 Å². The zero-order chi connectivity index (χ0) is 21.9. The smallest absolute Gasteiger partial charge is 0.257 e. The van der Waals surface area contributed by atoms with Gasteiger partial charge in [-0.1, -0.05) is 24.2 Å². The predicted molar refractivity (Wildman–Crippen MR) is 136 cm³/mol. The summed E-state index contributed by atoms with van der Waals surface area (Å²) in [5.74, 6) is 2.25. The molecule has 178 valence electrons. The summed E-state index contributed by atoms with van der Waals surface area (Å²) in [5, 5.41) is 7.54. The number of methoxy groups -OCH3 is 1. The minimum absolute atomic E-state index is 0. The molecule has 0 unspecified atom stereocenters. The van der Waals surface area contributed by atoms with Gasteiger partial charge in [0, 0.05) is 59.0 Å². The minimum Gasteiger partial charge on any atom is -0.385 e. The second-order valence-corrected chi connectivity index (χ2v) is 7.77. The van der Waals surface area contributed by atoms with Crippen LogP contribution in [0.3, 0.4) is 0 Å². The molecule has 1 saturated heterocycles. The number of benzene rings is 1. The first-order chi connectivity index (χ1) is 15.2. The first-order valence-corrected chi connectivity index (χ1v) is 11.2. The number of likely N-dealkylation sites (tertiary alicyclic amines) is 1. The van der Waals surface area contributed by atoms with Crippen molar-refractivity contribution in [1.29, 1.82) is 0 Å². The molecular weight excluding hydrogens is 521 g/mol. The molecule has 0 spiro atoms. The van der Waals surface area contributed by atoms with E-state index < -0.39 is 0 Å². The summed E-state index contributed by atoms with van der Waals surface area (Å²) in [4.78, 5) is 11.3. The zero-order valence-electron chi connectivity index (χ0n) is 19.4. The van der Waals surface area contributed by atoms with E-state index in [1.54, 1.807) is 7.11 Å². The molecule has 1 N–H and O–H groups in total. The third-order valence-electron chi connectivity index (χ3n) is 5.37. The summed E-state index contributed by atoms with van der Waals surface area (Å²) >= 11 is 0. The molecule has 1 aliphatic rings. The number of aromatic nitrogens is 2. The number of nitrogens with one attached hydrogen (secondary N) is 1. The highest BCUT2D eigenvalue weighted by Gasteiger charge is 2.21. The zero-order valence-corrected chi connectivity index (χ0v) is 21.7. The van der Waals surface area contributed by atoms with E-state index >= 15 is 0 Å². The Bertz CT molecular complexity index is 821. The second-order valence-electron chi connectivity index (χ2n) is 7.77. The van der Waals surface area contributed by atoms with Crippen molar-refractivity contribution in [2.45, 2.75) is 51.7 Å². The van der Waals surface area contributed by atoms with Gasteiger partial charge in [-0.2, -0.15) is 4.98 Å². The quantitative estimate of drug-likeness (QED) is 0.205. The van der Waals surface area contributed by atoms with E-state index in [0.717, 1.165) is 81.3 Å². The van der Waals surface area contributed by atoms with Gasteiger partial charge in [-0.25, -0.2) is 0 Å². The number of guanidine groups is 1. The Balaban J connectivity index is 0.00000363. The number of ether oxygens (including phenoxy) is 2. The third-order valence-corrected chi connectivity index (χ3v) is 5.37. The lowest BCUT2D eigenvalue weighted by Gasteiger charge is -2.34. The number of rotatable bonds is 10. The monoisotopic (exact) mass is 557 g/mol. The predicted octanol–water partition coefficient (Wildman–Crippen LogP) is 3.90. The Hall–Kier alpha value is -1.72. The Morgan fingerprint density at radius 3 is 2.81 bits per heavy atom. The highest BCUT2D eigenvalue weighted by atomic mass is 127. The normalized spacial score (nSPS) is 15.0. The van der Waals surface area contributed by atoms with Crippen molar-refractivity contribution in [3.8, 4) is 11.5 Å². The highest BCUT2D eigenvalue weighted by Crippen LogP contribution is 2.19. The second kappa shape index (κ2) is 14.4. The molecular formula is C23H36IN5O3. The summed E-state index contributed by atoms with van der Waals surface area (Å²) in [6.45, 7) is 6.19. The summed E-state index contributed by atoms with van der Waals surface area (Å²) < 4.78 is 16.5. The Morgan fingerprint density at radius 1 is 1.28 bits per heavy atom. The van der Waals surface area contributed by atoms with Gasteiger partial charge in [0.1, 0.15) is 0 Å². The van der Waals surface area contributed by atoms with Gasteiger partial charge >= 0.3 is 0 Å². The van der Waals surface area contributed by atoms with Crippen molar-refractivity contribution in [2.24, 2.45) is 4.99 Å². The molecule has 8 nitrogen and oxygen atoms in total. The van der Waals surface area contributed by atoms with Crippen molar-refractivity contribution in [2.75, 3.05) is 40.5 Å². The van der Waals surface area contributed by atoms with Gasteiger partial charge < -0.3 is 24.2 Å². The molecule has 1 aromatic carbocycles. The maximum atomic E-state index is 5.96. The molecule has 0 bridgehead atoms. The SMILES string of the molecule is CCCc1noc(-c2cccc(CNC(=NC)N3CCC(OCCCOC)CC3)c2)n1.I. The van der Waals surface area contributed by atoms with Gasteiger partial charge in [-0.3, -0.25) is 4.99 Å². The minimum atomic E-state index is 0. The maximum Gasteiger partial charge on any atom is 0.257 e. The topological polar surface area (TPSA) is 85.0 Å². The molecule has 1 fully saturated rings. The average molecular weight is 557 g/mol. The summed E-state index contributed by atoms with van der Waals surface area (Å²) in [7, 11) is 3.56. The highest BCUT2D eigenvalue weighted by molar-refractivity contribution is 14.0. The van der Waals surface area contributed by atoms with Gasteiger partial charge in [-0.15, -0.1) is 24.0 Å². The van der Waals surface area contributed by atoms with Crippen molar-refractivity contribution in [1.82, 2.24) is 20.4 Å². The Labute approximate surface area is 208 Å². The molecule has 2 aromatic rings. The van der Waals surface area contributed by atoms with Gasteiger partial charge in [0.15, 0.2) is 11.8 Å². The van der Waals surface area contributed by atoms with Crippen LogP contribution in [0.4, 0.5) is 0 Å². The van der Waals surface area contributed by atoms with Crippen molar-refractivity contribution < 1.29 is 14.0 Å². The van der Waals surface area contributed by atoms with E-state index in [1.165, 1.54) is 0 Å². The van der Waals surface area contributed by atoms with E-state index in [1.807, 2.05) is 19.2 Å². The van der Waals surface area contributed by atoms with E-state index in [4.69, 9.17) is 14.0 Å². The van der Waals surface area contributed by atoms with Gasteiger partial charge in [-0.05, 0) is 43.4 Å². The Morgan fingerprint density at radius 2 is 2.09 bits per heavy atom. The van der Waals surface area contributed by atoms with E-state index in [9.17, 15) is 0 Å². The van der Waals surface area contributed by atoms with Crippen LogP contribution in [-0.4, -0.2) is 67.6 Å². The molecule has 0 atom stereocenters. The maximum absolute atomic E-state index is 5.96. The molecule has 1 aliphatic heterocycles. The van der Waals surface area contributed by atoms with E-state index in [0.29, 0.717) is 18.5 Å². The number of halogens is 1. The molecule has 32 heavy (non-hydrogen) atoms. The van der Waals surface area contributed by atoms with Gasteiger partial charge in [0.25, 0.3) is 5.89 Å². The van der Waals surface area contributed by atoms with Crippen LogP contribution >= 0.6 is 24.0 Å². The lowest BCUT2D eigenvalue weighted by atomic mass is 10.1. The number of piperidine rings is 1. The summed E-state index contributed by atoms with van der Waals surface area (Å²) in [6, 6.07) is 8.20. The van der Waals surface area contributed by atoms with Crippen molar-refractivity contribution in [3.05, 3.63) is 35.7 Å². The summed E-state index contributed by atoms with van der Waals surface area (Å²) in [5.41, 5.74) is 2.08. The van der Waals surface area contributed by atoms with Crippen LogP contribution in [-0.2, 0) is 22.4 Å². The molecule has 3 rings (SSSR count). The van der Waals surface area contributed by atoms with Crippen LogP contribution in [0.2, 0.25) is 0 Å². The molecule has 0 radical (unpaired) electrons. The number of aryl methyl sites for hydroxylation is 1. The van der Waals surface area contributed by atoms with Crippen LogP contribution in [0, 0.1) is 0 Å². The molecule has 0 saturated carbocycles. The molecule has 2 heterocycles. The van der Waals surface area contributed by atoms with Crippen LogP contribution in [0.5, 0.6) is 0 Å². The van der Waals surface area contributed by atoms with E-state index in [-0.39, 0.29) is 24.0 Å². The number of aliphatic imine (C=N–C) groups is 1. The first kappa shape index (κ1) is 26.5. The molecule has 0 aliphatic carbocycles. The standard InChI is InChI=1S/C23H35N5O3.HI/c1-4-7-21-26-22(31-27-21)19-9-5-8-18(16-19)17-25-23(24-2)28-12-10-20(11-13-28)30-15-6-14-29-3;/h5,8-9,16,20H,4,6-7,10-15,17H2,1-3H3,(H,24,25);1H. The van der Waals surface area contributed by atoms with Gasteiger partial charge in [0.2, 0.25) is 0 Å². The fourth-order valence-electron chi connectivity index (χ4n) is 3.71. The lowest BCUT2D eigenvalue weighted by molar-refractivity contribution is 0.00989. The average Bonchev–Trinajstić information content (AvgIpc) is 3.27.